The second kappa shape index (κ2) is 7.66. The van der Waals surface area contributed by atoms with Gasteiger partial charge in [-0.2, -0.15) is 4.99 Å². The Morgan fingerprint density at radius 2 is 1.68 bits per heavy atom. The van der Waals surface area contributed by atoms with Crippen molar-refractivity contribution in [1.82, 2.24) is 4.90 Å². The van der Waals surface area contributed by atoms with E-state index in [1.54, 1.807) is 0 Å². The summed E-state index contributed by atoms with van der Waals surface area (Å²) >= 11 is 0. The molecule has 0 fully saturated rings. The van der Waals surface area contributed by atoms with Gasteiger partial charge in [-0.05, 0) is 30.7 Å². The first kappa shape index (κ1) is 20.2. The number of nitrogens with zero attached hydrogens (tertiary/aromatic N) is 4. The largest absolute Gasteiger partial charge is 1.00 e. The van der Waals surface area contributed by atoms with Crippen LogP contribution in [0.5, 0.6) is 0 Å². The van der Waals surface area contributed by atoms with E-state index in [1.165, 1.54) is 12.1 Å². The molecule has 0 aromatic heterocycles. The van der Waals surface area contributed by atoms with Crippen molar-refractivity contribution in [2.45, 2.75) is 18.2 Å². The zero-order valence-corrected chi connectivity index (χ0v) is 17.4. The third kappa shape index (κ3) is 4.02. The molecule has 9 nitrogen and oxygen atoms in total. The van der Waals surface area contributed by atoms with E-state index in [0.29, 0.717) is 12.0 Å². The predicted octanol–water partition coefficient (Wildman–Crippen LogP) is -2.43. The summed E-state index contributed by atoms with van der Waals surface area (Å²) in [5, 5.41) is 0. The summed E-state index contributed by atoms with van der Waals surface area (Å²) in [6.45, 7) is 2.06. The fourth-order valence-electron chi connectivity index (χ4n) is 2.24. The Kier molecular flexibility index (Phi) is 6.20. The van der Waals surface area contributed by atoms with Crippen LogP contribution in [0.15, 0.2) is 44.1 Å². The second-order valence-corrected chi connectivity index (χ2v) is 6.43. The monoisotopic (exact) mass is 386 g/mol. The third-order valence-corrected chi connectivity index (χ3v) is 4.22. The van der Waals surface area contributed by atoms with Gasteiger partial charge in [-0.15, -0.1) is 0 Å². The van der Waals surface area contributed by atoms with Gasteiger partial charge in [0, 0.05) is 12.1 Å². The molecule has 2 aliphatic rings. The molecule has 3 rings (SSSR count). The Morgan fingerprint density at radius 1 is 1.04 bits per heavy atom. The fraction of sp³-hybridized carbons (Fsp3) is 0.214. The number of rotatable bonds is 4. The van der Waals surface area contributed by atoms with Crippen molar-refractivity contribution in [3.8, 4) is 0 Å². The molecule has 0 unspecified atom stereocenters. The first-order chi connectivity index (χ1) is 11.3. The number of hydrogen-bond acceptors (Lipinski definition) is 7. The Balaban J connectivity index is 0.00000225. The number of urea groups is 1. The molecule has 2 aliphatic heterocycles. The summed E-state index contributed by atoms with van der Waals surface area (Å²) in [4.78, 5) is 36.6. The Labute approximate surface area is 186 Å². The van der Waals surface area contributed by atoms with Crippen molar-refractivity contribution in [2.24, 2.45) is 15.0 Å². The van der Waals surface area contributed by atoms with Gasteiger partial charge >= 0.3 is 57.4 Å². The molecular weight excluding hydrogens is 375 g/mol. The zero-order chi connectivity index (χ0) is 17.5. The van der Waals surface area contributed by atoms with E-state index in [0.717, 1.165) is 17.0 Å². The summed E-state index contributed by atoms with van der Waals surface area (Å²) in [5.74, 6) is -0.504. The summed E-state index contributed by atoms with van der Waals surface area (Å²) in [5.41, 5.74) is 0.368. The van der Waals surface area contributed by atoms with Crippen LogP contribution in [0.2, 0.25) is 0 Å². The molecule has 124 valence electrons. The Bertz CT molecular complexity index is 934. The van der Waals surface area contributed by atoms with E-state index in [9.17, 15) is 22.6 Å². The second-order valence-electron chi connectivity index (χ2n) is 5.05. The Morgan fingerprint density at radius 3 is 2.24 bits per heavy atom. The van der Waals surface area contributed by atoms with Gasteiger partial charge in [-0.3, -0.25) is 9.69 Å². The third-order valence-electron chi connectivity index (χ3n) is 3.37. The van der Waals surface area contributed by atoms with Crippen LogP contribution in [-0.4, -0.2) is 53.7 Å². The zero-order valence-electron chi connectivity index (χ0n) is 13.5. The number of carbonyl (C=O) groups excluding carboxylic acids is 2. The van der Waals surface area contributed by atoms with Gasteiger partial charge in [-0.25, -0.2) is 23.2 Å². The number of fused-ring (bicyclic) bond motifs is 1. The van der Waals surface area contributed by atoms with Crippen molar-refractivity contribution < 1.29 is 73.9 Å². The smallest absolute Gasteiger partial charge is 0.744 e. The van der Waals surface area contributed by atoms with E-state index < -0.39 is 22.1 Å². The molecule has 0 saturated carbocycles. The van der Waals surface area contributed by atoms with Crippen LogP contribution in [0.3, 0.4) is 0 Å². The molecule has 0 atom stereocenters. The maximum absolute atomic E-state index is 12.3. The van der Waals surface area contributed by atoms with Crippen LogP contribution >= 0.6 is 0 Å². The van der Waals surface area contributed by atoms with Gasteiger partial charge in [-0.1, -0.05) is 6.92 Å². The van der Waals surface area contributed by atoms with Crippen molar-refractivity contribution in [3.05, 3.63) is 29.8 Å². The molecular formula is C14H11KN4O5S. The topological polar surface area (TPSA) is 132 Å². The minimum absolute atomic E-state index is 0. The molecule has 0 aliphatic carbocycles. The number of hydrogen-bond donors (Lipinski definition) is 0. The maximum atomic E-state index is 12.3. The van der Waals surface area contributed by atoms with Crippen molar-refractivity contribution in [3.63, 3.8) is 0 Å². The van der Waals surface area contributed by atoms with E-state index in [-0.39, 0.29) is 80.2 Å². The van der Waals surface area contributed by atoms with Crippen molar-refractivity contribution in [1.29, 1.82) is 0 Å². The molecule has 11 heteroatoms. The van der Waals surface area contributed by atoms with E-state index in [2.05, 4.69) is 15.0 Å². The van der Waals surface area contributed by atoms with Gasteiger partial charge < -0.3 is 4.55 Å². The maximum Gasteiger partial charge on any atom is 1.00 e. The molecule has 0 N–H and O–H groups in total. The van der Waals surface area contributed by atoms with E-state index in [1.807, 2.05) is 6.92 Å². The van der Waals surface area contributed by atoms with Gasteiger partial charge in [0.1, 0.15) is 10.1 Å². The molecule has 1 aromatic carbocycles. The molecule has 25 heavy (non-hydrogen) atoms. The molecule has 3 amide bonds. The molecule has 0 radical (unpaired) electrons. The first-order valence-corrected chi connectivity index (χ1v) is 8.40. The minimum Gasteiger partial charge on any atom is -0.744 e. The summed E-state index contributed by atoms with van der Waals surface area (Å²) < 4.78 is 32.8. The quantitative estimate of drug-likeness (QED) is 0.419. The number of amidine groups is 2. The molecule has 1 aromatic rings. The van der Waals surface area contributed by atoms with Gasteiger partial charge in [0.25, 0.3) is 5.91 Å². The number of aliphatic imine (C=N–C) groups is 3. The molecule has 0 bridgehead atoms. The minimum atomic E-state index is -4.55. The number of amides is 3. The van der Waals surface area contributed by atoms with Crippen molar-refractivity contribution in [2.75, 3.05) is 6.54 Å². The van der Waals surface area contributed by atoms with Crippen LogP contribution in [0.4, 0.5) is 4.79 Å². The van der Waals surface area contributed by atoms with Gasteiger partial charge in [0.15, 0.2) is 17.4 Å². The van der Waals surface area contributed by atoms with Crippen LogP contribution in [0, 0.1) is 0 Å². The summed E-state index contributed by atoms with van der Waals surface area (Å²) in [7, 11) is -4.55. The molecule has 0 spiro atoms. The van der Waals surface area contributed by atoms with Gasteiger partial charge in [0.05, 0.1) is 4.90 Å². The molecule has 0 saturated heterocycles. The Hall–Kier alpha value is -1.08. The van der Waals surface area contributed by atoms with Crippen LogP contribution in [0.25, 0.3) is 0 Å². The van der Waals surface area contributed by atoms with Gasteiger partial charge in [0.2, 0.25) is 0 Å². The summed E-state index contributed by atoms with van der Waals surface area (Å²) in [6.07, 6.45) is 0.592. The van der Waals surface area contributed by atoms with E-state index in [4.69, 9.17) is 0 Å². The van der Waals surface area contributed by atoms with E-state index >= 15 is 0 Å². The predicted molar refractivity (Wildman–Crippen MR) is 83.2 cm³/mol. The summed E-state index contributed by atoms with van der Waals surface area (Å²) in [6, 6.07) is 4.26. The van der Waals surface area contributed by atoms with Crippen LogP contribution < -0.4 is 51.4 Å². The molecule has 2 heterocycles. The van der Waals surface area contributed by atoms with Crippen molar-refractivity contribution >= 4 is 39.4 Å². The number of benzene rings is 1. The average Bonchev–Trinajstić information content (AvgIpc) is 2.95. The normalized spacial score (nSPS) is 16.7. The average molecular weight is 386 g/mol. The van der Waals surface area contributed by atoms with Crippen LogP contribution in [-0.2, 0) is 14.9 Å². The SMILES string of the molecule is CCCN1C(=O)N=C2N=C(c3ccc(S(=O)(=O)[O-])cc3)N=C2C1=O.[K+]. The fourth-order valence-corrected chi connectivity index (χ4v) is 2.71. The van der Waals surface area contributed by atoms with Crippen LogP contribution in [0.1, 0.15) is 18.9 Å². The first-order valence-electron chi connectivity index (χ1n) is 7.00. The number of carbonyl (C=O) groups is 2. The standard InChI is InChI=1S/C14H12N4O5S.K/c1-2-7-18-13(19)10-12(17-14(18)20)16-11(15-10)8-3-5-9(6-4-8)24(21,22)23;/h3-6H,2,7H2,1H3,(H,21,22,23);/q;+1/p-1. The number of imide groups is 1.